The number of aliphatic hydroxyl groups is 1. The number of carbonyl (C=O) groups excluding carboxylic acids is 1. The highest BCUT2D eigenvalue weighted by Crippen LogP contribution is 2.36. The van der Waals surface area contributed by atoms with Crippen LogP contribution in [0.5, 0.6) is 0 Å². The molecule has 174 valence electrons. The van der Waals surface area contributed by atoms with E-state index in [1.54, 1.807) is 13.1 Å². The lowest BCUT2D eigenvalue weighted by molar-refractivity contribution is -0.146. The number of amides is 1. The Labute approximate surface area is 196 Å². The number of nitrogens with one attached hydrogen (secondary N) is 1. The van der Waals surface area contributed by atoms with Crippen molar-refractivity contribution in [2.75, 3.05) is 44.0 Å². The molecule has 4 rings (SSSR count). The van der Waals surface area contributed by atoms with Crippen LogP contribution in [0.25, 0.3) is 21.6 Å². The van der Waals surface area contributed by atoms with Crippen LogP contribution in [0, 0.1) is 5.41 Å². The van der Waals surface area contributed by atoms with Crippen molar-refractivity contribution in [1.29, 1.82) is 5.41 Å². The average Bonchev–Trinajstić information content (AvgIpc) is 3.19. The molecule has 1 saturated heterocycles. The van der Waals surface area contributed by atoms with Gasteiger partial charge in [0.15, 0.2) is 11.6 Å². The van der Waals surface area contributed by atoms with Gasteiger partial charge in [0, 0.05) is 48.0 Å². The van der Waals surface area contributed by atoms with E-state index < -0.39 is 5.60 Å². The Hall–Kier alpha value is -3.08. The summed E-state index contributed by atoms with van der Waals surface area (Å²) in [5.41, 5.74) is 7.20. The van der Waals surface area contributed by atoms with E-state index in [1.165, 1.54) is 36.3 Å². The molecule has 10 heteroatoms. The van der Waals surface area contributed by atoms with Gasteiger partial charge in [0.25, 0.3) is 5.91 Å². The summed E-state index contributed by atoms with van der Waals surface area (Å²) < 4.78 is 6.45. The van der Waals surface area contributed by atoms with E-state index in [4.69, 9.17) is 25.8 Å². The van der Waals surface area contributed by atoms with Crippen LogP contribution in [0.4, 0.5) is 11.5 Å². The van der Waals surface area contributed by atoms with E-state index in [1.807, 2.05) is 18.2 Å². The average molecular weight is 469 g/mol. The first-order chi connectivity index (χ1) is 15.7. The van der Waals surface area contributed by atoms with Crippen LogP contribution in [0.1, 0.15) is 24.3 Å². The lowest BCUT2D eigenvalue weighted by Gasteiger charge is -2.28. The van der Waals surface area contributed by atoms with Crippen molar-refractivity contribution in [2.24, 2.45) is 0 Å². The van der Waals surface area contributed by atoms with E-state index in [0.29, 0.717) is 55.5 Å². The largest absolute Gasteiger partial charge is 0.398 e. The lowest BCUT2D eigenvalue weighted by atomic mass is 10.1. The molecule has 0 radical (unpaired) electrons. The molecule has 33 heavy (non-hydrogen) atoms. The second-order valence-electron chi connectivity index (χ2n) is 8.57. The van der Waals surface area contributed by atoms with Crippen molar-refractivity contribution in [3.05, 3.63) is 34.7 Å². The molecular weight excluding hydrogens is 440 g/mol. The molecule has 0 bridgehead atoms. The molecule has 0 saturated carbocycles. The van der Waals surface area contributed by atoms with Gasteiger partial charge in [-0.2, -0.15) is 0 Å². The Morgan fingerprint density at radius 2 is 2.09 bits per heavy atom. The first kappa shape index (κ1) is 23.1. The van der Waals surface area contributed by atoms with E-state index in [2.05, 4.69) is 4.90 Å². The van der Waals surface area contributed by atoms with Gasteiger partial charge in [-0.3, -0.25) is 4.79 Å². The molecule has 1 aliphatic heterocycles. The SMILES string of the molecule is CN(Cc1cc2nc(-c3cccc(N)c3C=N)nc(N3CCOCC3)c2s1)C(=O)C(C)(C)O. The number of fused-ring (bicyclic) bond motifs is 1. The van der Waals surface area contributed by atoms with Crippen molar-refractivity contribution < 1.29 is 14.6 Å². The van der Waals surface area contributed by atoms with Crippen LogP contribution < -0.4 is 10.6 Å². The van der Waals surface area contributed by atoms with Crippen molar-refractivity contribution in [1.82, 2.24) is 14.9 Å². The highest BCUT2D eigenvalue weighted by molar-refractivity contribution is 7.19. The van der Waals surface area contributed by atoms with Gasteiger partial charge in [0.2, 0.25) is 0 Å². The van der Waals surface area contributed by atoms with Gasteiger partial charge in [0.05, 0.1) is 30.0 Å². The Bertz CT molecular complexity index is 1200. The second-order valence-corrected chi connectivity index (χ2v) is 9.71. The first-order valence-corrected chi connectivity index (χ1v) is 11.5. The van der Waals surface area contributed by atoms with Crippen LogP contribution in [-0.4, -0.2) is 71.0 Å². The highest BCUT2D eigenvalue weighted by Gasteiger charge is 2.28. The Morgan fingerprint density at radius 3 is 2.76 bits per heavy atom. The molecule has 0 aliphatic carbocycles. The summed E-state index contributed by atoms with van der Waals surface area (Å²) in [6.07, 6.45) is 1.23. The number of nitrogens with zero attached hydrogens (tertiary/aromatic N) is 4. The molecule has 3 heterocycles. The van der Waals surface area contributed by atoms with Crippen LogP contribution in [-0.2, 0) is 16.1 Å². The summed E-state index contributed by atoms with van der Waals surface area (Å²) in [4.78, 5) is 26.8. The van der Waals surface area contributed by atoms with Gasteiger partial charge in [-0.15, -0.1) is 11.3 Å². The lowest BCUT2D eigenvalue weighted by Crippen LogP contribution is -2.42. The minimum Gasteiger partial charge on any atom is -0.398 e. The topological polar surface area (TPSA) is 129 Å². The molecule has 1 aromatic carbocycles. The fraction of sp³-hybridized carbons (Fsp3) is 0.391. The van der Waals surface area contributed by atoms with E-state index in [9.17, 15) is 9.90 Å². The zero-order valence-corrected chi connectivity index (χ0v) is 19.8. The summed E-state index contributed by atoms with van der Waals surface area (Å²) >= 11 is 1.54. The number of hydrogen-bond donors (Lipinski definition) is 3. The van der Waals surface area contributed by atoms with Crippen molar-refractivity contribution in [2.45, 2.75) is 26.0 Å². The molecule has 1 fully saturated rings. The monoisotopic (exact) mass is 468 g/mol. The third-order valence-corrected chi connectivity index (χ3v) is 6.61. The molecule has 9 nitrogen and oxygen atoms in total. The number of thiophene rings is 1. The van der Waals surface area contributed by atoms with Crippen molar-refractivity contribution in [3.63, 3.8) is 0 Å². The molecule has 0 unspecified atom stereocenters. The molecule has 1 amide bonds. The number of benzene rings is 1. The number of ether oxygens (including phenoxy) is 1. The third kappa shape index (κ3) is 4.68. The standard InChI is InChI=1S/C23H28N6O3S/c1-23(2,31)22(30)28(3)13-14-11-18-19(33-14)21(29-7-9-32-10-8-29)27-20(26-18)15-5-4-6-17(25)16(15)12-24/h4-6,11-12,24,31H,7-10,13,25H2,1-3H3. The first-order valence-electron chi connectivity index (χ1n) is 10.7. The fourth-order valence-corrected chi connectivity index (χ4v) is 5.03. The number of nitrogen functional groups attached to an aromatic ring is 1. The number of morpholine rings is 1. The Morgan fingerprint density at radius 1 is 1.36 bits per heavy atom. The van der Waals surface area contributed by atoms with Crippen LogP contribution in [0.3, 0.4) is 0 Å². The van der Waals surface area contributed by atoms with Crippen LogP contribution >= 0.6 is 11.3 Å². The summed E-state index contributed by atoms with van der Waals surface area (Å²) in [7, 11) is 1.67. The van der Waals surface area contributed by atoms with Crippen LogP contribution in [0.15, 0.2) is 24.3 Å². The minimum absolute atomic E-state index is 0.351. The maximum atomic E-state index is 12.4. The molecular formula is C23H28N6O3S. The Balaban J connectivity index is 1.81. The predicted molar refractivity (Wildman–Crippen MR) is 131 cm³/mol. The summed E-state index contributed by atoms with van der Waals surface area (Å²) in [6, 6.07) is 7.41. The number of rotatable bonds is 6. The zero-order valence-electron chi connectivity index (χ0n) is 19.0. The van der Waals surface area contributed by atoms with Crippen molar-refractivity contribution >= 4 is 45.2 Å². The normalized spacial score (nSPS) is 14.5. The van der Waals surface area contributed by atoms with E-state index in [-0.39, 0.29) is 5.91 Å². The van der Waals surface area contributed by atoms with Crippen molar-refractivity contribution in [3.8, 4) is 11.4 Å². The summed E-state index contributed by atoms with van der Waals surface area (Å²) in [6.45, 7) is 5.98. The summed E-state index contributed by atoms with van der Waals surface area (Å²) in [5.74, 6) is 0.958. The molecule has 2 aromatic heterocycles. The number of hydrogen-bond acceptors (Lipinski definition) is 9. The number of nitrogens with two attached hydrogens (primary N) is 1. The van der Waals surface area contributed by atoms with Gasteiger partial charge in [-0.25, -0.2) is 9.97 Å². The van der Waals surface area contributed by atoms with E-state index in [0.717, 1.165) is 20.9 Å². The van der Waals surface area contributed by atoms with E-state index >= 15 is 0 Å². The van der Waals surface area contributed by atoms with Gasteiger partial charge >= 0.3 is 0 Å². The minimum atomic E-state index is -1.44. The zero-order chi connectivity index (χ0) is 23.8. The van der Waals surface area contributed by atoms with Gasteiger partial charge in [0.1, 0.15) is 5.60 Å². The van der Waals surface area contributed by atoms with Gasteiger partial charge < -0.3 is 30.8 Å². The quantitative estimate of drug-likeness (QED) is 0.374. The number of likely N-dealkylation sites (N-methyl/N-ethyl adjacent to an activating group) is 1. The van der Waals surface area contributed by atoms with Gasteiger partial charge in [-0.1, -0.05) is 12.1 Å². The second kappa shape index (κ2) is 9.05. The smallest absolute Gasteiger partial charge is 0.254 e. The molecule has 0 spiro atoms. The fourth-order valence-electron chi connectivity index (χ4n) is 3.86. The maximum Gasteiger partial charge on any atom is 0.254 e. The molecule has 1 aliphatic rings. The number of aromatic nitrogens is 2. The summed E-state index contributed by atoms with van der Waals surface area (Å²) in [5, 5.41) is 17.9. The third-order valence-electron chi connectivity index (χ3n) is 5.50. The number of carbonyl (C=O) groups is 1. The Kier molecular flexibility index (Phi) is 6.33. The predicted octanol–water partition coefficient (Wildman–Crippen LogP) is 2.50. The maximum absolute atomic E-state index is 12.4. The molecule has 4 N–H and O–H groups in total. The van der Waals surface area contributed by atoms with Gasteiger partial charge in [-0.05, 0) is 26.0 Å². The van der Waals surface area contributed by atoms with Crippen LogP contribution in [0.2, 0.25) is 0 Å². The number of anilines is 2. The highest BCUT2D eigenvalue weighted by atomic mass is 32.1. The molecule has 3 aromatic rings. The molecule has 0 atom stereocenters.